The molecule has 0 N–H and O–H groups in total. The molecule has 21 heavy (non-hydrogen) atoms. The fourth-order valence-electron chi connectivity index (χ4n) is 2.09. The molecule has 102 valence electrons. The molecular formula is C17H13N3S. The first kappa shape index (κ1) is 13.6. The van der Waals surface area contributed by atoms with Gasteiger partial charge in [0.05, 0.1) is 28.4 Å². The second kappa shape index (κ2) is 5.94. The second-order valence-corrected chi connectivity index (χ2v) is 5.67. The van der Waals surface area contributed by atoms with Gasteiger partial charge in [-0.1, -0.05) is 36.0 Å². The van der Waals surface area contributed by atoms with Crippen molar-refractivity contribution in [3.8, 4) is 6.07 Å². The zero-order valence-corrected chi connectivity index (χ0v) is 12.4. The molecule has 0 aliphatic rings. The molecule has 0 saturated carbocycles. The summed E-state index contributed by atoms with van der Waals surface area (Å²) in [5.74, 6) is 0.781. The largest absolute Gasteiger partial charge is 0.249 e. The van der Waals surface area contributed by atoms with E-state index in [9.17, 15) is 0 Å². The van der Waals surface area contributed by atoms with E-state index in [2.05, 4.69) is 16.0 Å². The number of fused-ring (bicyclic) bond motifs is 1. The highest BCUT2D eigenvalue weighted by Gasteiger charge is 2.06. The lowest BCUT2D eigenvalue weighted by atomic mass is 10.2. The Morgan fingerprint density at radius 2 is 1.81 bits per heavy atom. The van der Waals surface area contributed by atoms with Gasteiger partial charge >= 0.3 is 0 Å². The third-order valence-electron chi connectivity index (χ3n) is 3.13. The van der Waals surface area contributed by atoms with Crippen LogP contribution < -0.4 is 0 Å². The predicted octanol–water partition coefficient (Wildman–Crippen LogP) is 4.10. The summed E-state index contributed by atoms with van der Waals surface area (Å²) in [5.41, 5.74) is 4.58. The van der Waals surface area contributed by atoms with Crippen molar-refractivity contribution in [3.05, 3.63) is 65.4 Å². The molecule has 0 spiro atoms. The van der Waals surface area contributed by atoms with E-state index < -0.39 is 0 Å². The lowest BCUT2D eigenvalue weighted by molar-refractivity contribution is 1.04. The van der Waals surface area contributed by atoms with Gasteiger partial charge in [-0.05, 0) is 36.8 Å². The number of benzene rings is 2. The summed E-state index contributed by atoms with van der Waals surface area (Å²) in [6, 6.07) is 17.7. The molecule has 2 aromatic carbocycles. The van der Waals surface area contributed by atoms with E-state index in [0.29, 0.717) is 5.56 Å². The van der Waals surface area contributed by atoms with Crippen molar-refractivity contribution in [2.45, 2.75) is 17.7 Å². The van der Waals surface area contributed by atoms with Crippen LogP contribution in [0.1, 0.15) is 16.8 Å². The summed E-state index contributed by atoms with van der Waals surface area (Å²) in [4.78, 5) is 9.25. The molecule has 3 rings (SSSR count). The number of hydrogen-bond donors (Lipinski definition) is 0. The Balaban J connectivity index is 1.84. The molecule has 3 nitrogen and oxygen atoms in total. The van der Waals surface area contributed by atoms with Gasteiger partial charge < -0.3 is 0 Å². The lowest BCUT2D eigenvalue weighted by Crippen LogP contribution is -1.93. The van der Waals surface area contributed by atoms with Crippen LogP contribution in [-0.2, 0) is 5.75 Å². The quantitative estimate of drug-likeness (QED) is 0.682. The van der Waals surface area contributed by atoms with Crippen LogP contribution in [0.5, 0.6) is 0 Å². The van der Waals surface area contributed by atoms with Crippen LogP contribution in [0.2, 0.25) is 0 Å². The highest BCUT2D eigenvalue weighted by atomic mass is 32.2. The van der Waals surface area contributed by atoms with Gasteiger partial charge in [-0.3, -0.25) is 0 Å². The van der Waals surface area contributed by atoms with E-state index in [4.69, 9.17) is 5.26 Å². The van der Waals surface area contributed by atoms with Crippen LogP contribution in [0.25, 0.3) is 11.0 Å². The van der Waals surface area contributed by atoms with Crippen molar-refractivity contribution in [2.24, 2.45) is 0 Å². The van der Waals surface area contributed by atoms with Gasteiger partial charge in [-0.25, -0.2) is 9.97 Å². The summed E-state index contributed by atoms with van der Waals surface area (Å²) >= 11 is 1.65. The van der Waals surface area contributed by atoms with Gasteiger partial charge in [0.25, 0.3) is 0 Å². The fraction of sp³-hybridized carbons (Fsp3) is 0.118. The van der Waals surface area contributed by atoms with E-state index >= 15 is 0 Å². The minimum atomic E-state index is 0.689. The number of aromatic nitrogens is 2. The SMILES string of the molecule is Cc1nc2ccccc2nc1SCc1cccc(C#N)c1. The van der Waals surface area contributed by atoms with E-state index in [-0.39, 0.29) is 0 Å². The molecule has 0 unspecified atom stereocenters. The molecule has 0 amide bonds. The molecule has 0 aliphatic carbocycles. The first-order valence-corrected chi connectivity index (χ1v) is 7.60. The van der Waals surface area contributed by atoms with Crippen LogP contribution in [0.4, 0.5) is 0 Å². The van der Waals surface area contributed by atoms with Gasteiger partial charge in [0.1, 0.15) is 5.03 Å². The Bertz CT molecular complexity index is 837. The summed E-state index contributed by atoms with van der Waals surface area (Å²) in [6.45, 7) is 1.98. The van der Waals surface area contributed by atoms with Gasteiger partial charge in [0, 0.05) is 5.75 Å². The van der Waals surface area contributed by atoms with Crippen LogP contribution >= 0.6 is 11.8 Å². The molecule has 0 fully saturated rings. The van der Waals surface area contributed by atoms with E-state index in [0.717, 1.165) is 33.1 Å². The Labute approximate surface area is 127 Å². The van der Waals surface area contributed by atoms with Crippen LogP contribution in [-0.4, -0.2) is 9.97 Å². The Morgan fingerprint density at radius 1 is 1.05 bits per heavy atom. The van der Waals surface area contributed by atoms with Gasteiger partial charge in [-0.2, -0.15) is 5.26 Å². The maximum Gasteiger partial charge on any atom is 0.118 e. The van der Waals surface area contributed by atoms with E-state index in [1.807, 2.05) is 55.5 Å². The zero-order valence-electron chi connectivity index (χ0n) is 11.6. The normalized spacial score (nSPS) is 10.5. The molecule has 0 atom stereocenters. The molecule has 0 saturated heterocycles. The number of nitrogens with zero attached hydrogens (tertiary/aromatic N) is 3. The minimum Gasteiger partial charge on any atom is -0.249 e. The molecule has 4 heteroatoms. The van der Waals surface area contributed by atoms with Crippen molar-refractivity contribution < 1.29 is 0 Å². The topological polar surface area (TPSA) is 49.6 Å². The summed E-state index contributed by atoms with van der Waals surface area (Å²) < 4.78 is 0. The molecule has 0 aliphatic heterocycles. The molecule has 0 bridgehead atoms. The zero-order chi connectivity index (χ0) is 14.7. The number of hydrogen-bond acceptors (Lipinski definition) is 4. The van der Waals surface area contributed by atoms with Crippen LogP contribution in [0.15, 0.2) is 53.6 Å². The summed E-state index contributed by atoms with van der Waals surface area (Å²) in [6.07, 6.45) is 0. The smallest absolute Gasteiger partial charge is 0.118 e. The maximum absolute atomic E-state index is 8.93. The maximum atomic E-state index is 8.93. The Morgan fingerprint density at radius 3 is 2.57 bits per heavy atom. The lowest BCUT2D eigenvalue weighted by Gasteiger charge is -2.06. The van der Waals surface area contributed by atoms with Crippen LogP contribution in [0, 0.1) is 18.3 Å². The number of nitriles is 1. The van der Waals surface area contributed by atoms with Crippen molar-refractivity contribution in [1.29, 1.82) is 5.26 Å². The van der Waals surface area contributed by atoms with E-state index in [1.165, 1.54) is 0 Å². The average Bonchev–Trinajstić information content (AvgIpc) is 2.53. The molecule has 3 aromatic rings. The monoisotopic (exact) mass is 291 g/mol. The van der Waals surface area contributed by atoms with Crippen molar-refractivity contribution in [1.82, 2.24) is 9.97 Å². The first-order chi connectivity index (χ1) is 10.3. The fourth-order valence-corrected chi connectivity index (χ4v) is 2.99. The summed E-state index contributed by atoms with van der Waals surface area (Å²) in [7, 11) is 0. The van der Waals surface area contributed by atoms with Crippen molar-refractivity contribution in [2.75, 3.05) is 0 Å². The highest BCUT2D eigenvalue weighted by Crippen LogP contribution is 2.25. The van der Waals surface area contributed by atoms with Crippen LogP contribution in [0.3, 0.4) is 0 Å². The van der Waals surface area contributed by atoms with Crippen molar-refractivity contribution >= 4 is 22.8 Å². The molecule has 1 heterocycles. The third-order valence-corrected chi connectivity index (χ3v) is 4.27. The average molecular weight is 291 g/mol. The Hall–Kier alpha value is -2.38. The predicted molar refractivity (Wildman–Crippen MR) is 85.0 cm³/mol. The standard InChI is InChI=1S/C17H13N3S/c1-12-17(20-16-8-3-2-7-15(16)19-12)21-11-14-6-4-5-13(9-14)10-18/h2-9H,11H2,1H3. The summed E-state index contributed by atoms with van der Waals surface area (Å²) in [5, 5.41) is 9.87. The van der Waals surface area contributed by atoms with Gasteiger partial charge in [0.15, 0.2) is 0 Å². The minimum absolute atomic E-state index is 0.689. The first-order valence-electron chi connectivity index (χ1n) is 6.61. The van der Waals surface area contributed by atoms with Gasteiger partial charge in [-0.15, -0.1) is 0 Å². The number of aryl methyl sites for hydroxylation is 1. The number of para-hydroxylation sites is 2. The molecule has 1 aromatic heterocycles. The van der Waals surface area contributed by atoms with Crippen molar-refractivity contribution in [3.63, 3.8) is 0 Å². The molecule has 0 radical (unpaired) electrons. The van der Waals surface area contributed by atoms with E-state index in [1.54, 1.807) is 11.8 Å². The molecular weight excluding hydrogens is 278 g/mol. The highest BCUT2D eigenvalue weighted by molar-refractivity contribution is 7.98. The Kier molecular flexibility index (Phi) is 3.85. The second-order valence-electron chi connectivity index (χ2n) is 4.70. The number of rotatable bonds is 3. The third kappa shape index (κ3) is 3.04. The number of thioether (sulfide) groups is 1. The van der Waals surface area contributed by atoms with Gasteiger partial charge in [0.2, 0.25) is 0 Å².